The highest BCUT2D eigenvalue weighted by molar-refractivity contribution is 5.99. The number of fused-ring (bicyclic) bond motifs is 10. The lowest BCUT2D eigenvalue weighted by molar-refractivity contribution is -0.154. The van der Waals surface area contributed by atoms with Crippen LogP contribution in [-0.2, 0) is 11.3 Å². The Kier molecular flexibility index (Phi) is 13.0. The summed E-state index contributed by atoms with van der Waals surface area (Å²) in [4.78, 5) is 41.2. The maximum Gasteiger partial charge on any atom is 0.422 e. The van der Waals surface area contributed by atoms with Crippen LogP contribution >= 0.6 is 0 Å². The van der Waals surface area contributed by atoms with E-state index in [2.05, 4.69) is 35.9 Å². The molecule has 2 aromatic carbocycles. The molecule has 3 aromatic rings. The minimum absolute atomic E-state index is 0.0598. The van der Waals surface area contributed by atoms with Gasteiger partial charge in [-0.25, -0.2) is 4.79 Å². The Morgan fingerprint density at radius 1 is 1.00 bits per heavy atom. The Balaban J connectivity index is 1.60. The minimum atomic E-state index is -4.63. The van der Waals surface area contributed by atoms with Crippen molar-refractivity contribution < 1.29 is 42.1 Å². The van der Waals surface area contributed by atoms with E-state index in [1.807, 2.05) is 24.3 Å². The summed E-state index contributed by atoms with van der Waals surface area (Å²) < 4.78 is 55.4. The number of nitrogens with zero attached hydrogens (tertiary/aromatic N) is 4. The molecule has 264 valence electrons. The molecule has 2 aliphatic rings. The topological polar surface area (TPSA) is 221 Å². The van der Waals surface area contributed by atoms with Gasteiger partial charge in [0, 0.05) is 24.8 Å². The van der Waals surface area contributed by atoms with Gasteiger partial charge in [-0.1, -0.05) is 12.1 Å². The average Bonchev–Trinajstić information content (AvgIpc) is 3.05. The van der Waals surface area contributed by atoms with E-state index in [4.69, 9.17) is 25.7 Å². The van der Waals surface area contributed by atoms with Crippen LogP contribution < -0.4 is 41.6 Å². The van der Waals surface area contributed by atoms with Gasteiger partial charge in [-0.15, -0.1) is 0 Å². The summed E-state index contributed by atoms with van der Waals surface area (Å²) in [6.45, 7) is -0.447. The molecule has 0 spiro atoms. The number of alkyl halides is 3. The van der Waals surface area contributed by atoms with Crippen LogP contribution in [0.5, 0.6) is 17.5 Å². The SMILES string of the molecule is NC(N)=NCCC[C@@H](NC(=O)c1ccc2cc1OCCCCCCOc1ccc(cc1)CNc1nc(nc(OCC(F)(F)F)n1)N2)C(=O)O. The van der Waals surface area contributed by atoms with Crippen molar-refractivity contribution in [3.05, 3.63) is 53.6 Å². The summed E-state index contributed by atoms with van der Waals surface area (Å²) in [6.07, 6.45) is -1.11. The summed E-state index contributed by atoms with van der Waals surface area (Å²) in [6, 6.07) is 9.90. The molecule has 18 heteroatoms. The summed E-state index contributed by atoms with van der Waals surface area (Å²) in [5, 5.41) is 18.1. The molecule has 0 aliphatic carbocycles. The molecule has 0 saturated carbocycles. The monoisotopic (exact) mass is 689 g/mol. The van der Waals surface area contributed by atoms with Gasteiger partial charge in [0.05, 0.1) is 18.8 Å². The summed E-state index contributed by atoms with van der Waals surface area (Å²) in [5.74, 6) is -1.46. The van der Waals surface area contributed by atoms with Crippen LogP contribution in [0.1, 0.15) is 54.4 Å². The minimum Gasteiger partial charge on any atom is -0.494 e. The number of carboxylic acid groups (broad SMARTS) is 1. The Hall–Kier alpha value is -5.55. The number of amides is 1. The number of rotatable bonds is 9. The number of benzene rings is 2. The first-order valence-corrected chi connectivity index (χ1v) is 15.5. The first-order chi connectivity index (χ1) is 23.4. The van der Waals surface area contributed by atoms with Crippen LogP contribution in [0, 0.1) is 0 Å². The van der Waals surface area contributed by atoms with Crippen molar-refractivity contribution in [3.63, 3.8) is 0 Å². The number of hydrogen-bond acceptors (Lipinski definition) is 11. The van der Waals surface area contributed by atoms with E-state index in [0.717, 1.165) is 24.8 Å². The highest BCUT2D eigenvalue weighted by Crippen LogP contribution is 2.27. The number of carbonyl (C=O) groups is 2. The fourth-order valence-corrected chi connectivity index (χ4v) is 4.55. The Morgan fingerprint density at radius 3 is 2.41 bits per heavy atom. The van der Waals surface area contributed by atoms with Crippen molar-refractivity contribution in [1.29, 1.82) is 0 Å². The fourth-order valence-electron chi connectivity index (χ4n) is 4.55. The van der Waals surface area contributed by atoms with Crippen molar-refractivity contribution in [3.8, 4) is 17.5 Å². The molecule has 1 aromatic heterocycles. The molecular weight excluding hydrogens is 651 g/mol. The van der Waals surface area contributed by atoms with Crippen molar-refractivity contribution >= 4 is 35.4 Å². The number of hydrogen-bond donors (Lipinski definition) is 6. The van der Waals surface area contributed by atoms with Crippen LogP contribution in [0.4, 0.5) is 30.8 Å². The first kappa shape index (κ1) is 36.3. The highest BCUT2D eigenvalue weighted by Gasteiger charge is 2.29. The quantitative estimate of drug-likeness (QED) is 0.107. The van der Waals surface area contributed by atoms with Gasteiger partial charge in [-0.05, 0) is 68.4 Å². The smallest absolute Gasteiger partial charge is 0.422 e. The molecule has 2 aliphatic heterocycles. The maximum atomic E-state index is 13.3. The molecule has 49 heavy (non-hydrogen) atoms. The number of aromatic nitrogens is 3. The number of carbonyl (C=O) groups excluding carboxylic acids is 1. The number of ether oxygens (including phenoxy) is 3. The lowest BCUT2D eigenvalue weighted by Crippen LogP contribution is -2.41. The first-order valence-electron chi connectivity index (χ1n) is 15.5. The van der Waals surface area contributed by atoms with Gasteiger partial charge in [-0.3, -0.25) is 9.79 Å². The van der Waals surface area contributed by atoms with Gasteiger partial charge >= 0.3 is 18.2 Å². The molecule has 0 radical (unpaired) electrons. The average molecular weight is 690 g/mol. The van der Waals surface area contributed by atoms with E-state index in [1.54, 1.807) is 0 Å². The van der Waals surface area contributed by atoms with Crippen LogP contribution in [0.25, 0.3) is 0 Å². The van der Waals surface area contributed by atoms with E-state index in [1.165, 1.54) is 18.2 Å². The summed E-state index contributed by atoms with van der Waals surface area (Å²) >= 11 is 0. The number of anilines is 3. The van der Waals surface area contributed by atoms with Crippen molar-refractivity contribution in [1.82, 2.24) is 20.3 Å². The molecule has 8 N–H and O–H groups in total. The van der Waals surface area contributed by atoms with E-state index < -0.39 is 36.7 Å². The number of halogens is 3. The third-order valence-electron chi connectivity index (χ3n) is 6.95. The molecule has 3 heterocycles. The number of nitrogens with two attached hydrogens (primary N) is 2. The molecule has 0 fully saturated rings. The predicted octanol–water partition coefficient (Wildman–Crippen LogP) is 3.74. The van der Waals surface area contributed by atoms with Gasteiger partial charge in [0.15, 0.2) is 12.6 Å². The lowest BCUT2D eigenvalue weighted by Gasteiger charge is -2.17. The largest absolute Gasteiger partial charge is 0.494 e. The molecule has 5 rings (SSSR count). The standard InChI is InChI=1S/C31H38F3N9O6/c32-31(33,34)18-49-30-42-28-38-17-19-7-10-21(11-8-19)47-14-3-1-2-4-15-48-24-16-20(39-29(41-28)43-30)9-12-22(24)25(44)40-23(26(45)46)6-5-13-37-27(35)36/h7-12,16,23H,1-6,13-15,17-18H2,(H,40,44)(H,45,46)(H4,35,36,37)(H2,38,39,41,42,43)/t23-/m1/s1. The number of aliphatic imine (C=N–C) groups is 1. The highest BCUT2D eigenvalue weighted by atomic mass is 19.4. The van der Waals surface area contributed by atoms with E-state index in [9.17, 15) is 27.9 Å². The molecule has 15 nitrogen and oxygen atoms in total. The van der Waals surface area contributed by atoms with Crippen LogP contribution in [0.15, 0.2) is 47.5 Å². The predicted molar refractivity (Wildman–Crippen MR) is 173 cm³/mol. The second-order valence-electron chi connectivity index (χ2n) is 10.9. The zero-order valence-corrected chi connectivity index (χ0v) is 26.5. The molecule has 1 atom stereocenters. The van der Waals surface area contributed by atoms with E-state index >= 15 is 0 Å². The molecule has 1 amide bonds. The van der Waals surface area contributed by atoms with Crippen molar-refractivity contribution in [2.24, 2.45) is 16.5 Å². The zero-order chi connectivity index (χ0) is 35.2. The van der Waals surface area contributed by atoms with Gasteiger partial charge in [0.2, 0.25) is 11.9 Å². The third kappa shape index (κ3) is 12.5. The molecule has 6 bridgehead atoms. The van der Waals surface area contributed by atoms with Gasteiger partial charge in [-0.2, -0.15) is 28.1 Å². The third-order valence-corrected chi connectivity index (χ3v) is 6.95. The maximum absolute atomic E-state index is 13.3. The summed E-state index contributed by atoms with van der Waals surface area (Å²) in [7, 11) is 0. The lowest BCUT2D eigenvalue weighted by atomic mass is 10.1. The second kappa shape index (κ2) is 17.6. The molecule has 0 unspecified atom stereocenters. The second-order valence-corrected chi connectivity index (χ2v) is 10.9. The van der Waals surface area contributed by atoms with E-state index in [0.29, 0.717) is 30.9 Å². The van der Waals surface area contributed by atoms with Gasteiger partial charge < -0.3 is 46.7 Å². The van der Waals surface area contributed by atoms with Gasteiger partial charge in [0.1, 0.15) is 17.5 Å². The van der Waals surface area contributed by atoms with E-state index in [-0.39, 0.29) is 55.3 Å². The molecule has 0 saturated heterocycles. The van der Waals surface area contributed by atoms with Crippen molar-refractivity contribution in [2.45, 2.75) is 57.3 Å². The normalized spacial score (nSPS) is 14.3. The Bertz CT molecular complexity index is 1590. The number of aliphatic carboxylic acids is 1. The van der Waals surface area contributed by atoms with Crippen LogP contribution in [-0.4, -0.2) is 76.5 Å². The van der Waals surface area contributed by atoms with Crippen molar-refractivity contribution in [2.75, 3.05) is 37.0 Å². The number of nitrogens with one attached hydrogen (secondary N) is 3. The zero-order valence-electron chi connectivity index (χ0n) is 26.5. The molecular formula is C31H38F3N9O6. The fraction of sp³-hybridized carbons (Fsp3) is 0.419. The summed E-state index contributed by atoms with van der Waals surface area (Å²) in [5.41, 5.74) is 11.8. The Labute approximate surface area is 279 Å². The number of guanidine groups is 1. The van der Waals surface area contributed by atoms with Crippen LogP contribution in [0.2, 0.25) is 0 Å². The van der Waals surface area contributed by atoms with Gasteiger partial charge in [0.25, 0.3) is 5.91 Å². The Morgan fingerprint density at radius 2 is 1.71 bits per heavy atom. The number of carboxylic acids is 1. The van der Waals surface area contributed by atoms with Crippen LogP contribution in [0.3, 0.4) is 0 Å².